The number of ether oxygens (including phenoxy) is 2. The summed E-state index contributed by atoms with van der Waals surface area (Å²) in [5.41, 5.74) is 1.57. The second-order valence-corrected chi connectivity index (χ2v) is 7.08. The lowest BCUT2D eigenvalue weighted by molar-refractivity contribution is -0.115. The van der Waals surface area contributed by atoms with E-state index in [0.29, 0.717) is 17.6 Å². The van der Waals surface area contributed by atoms with Gasteiger partial charge in [0, 0.05) is 5.56 Å². The van der Waals surface area contributed by atoms with Crippen molar-refractivity contribution in [2.24, 2.45) is 0 Å². The van der Waals surface area contributed by atoms with Crippen LogP contribution in [0.4, 0.5) is 5.13 Å². The van der Waals surface area contributed by atoms with E-state index in [2.05, 4.69) is 20.4 Å². The summed E-state index contributed by atoms with van der Waals surface area (Å²) in [4.78, 5) is 21.0. The maximum absolute atomic E-state index is 12.3. The molecule has 0 aliphatic heterocycles. The Labute approximate surface area is 170 Å². The van der Waals surface area contributed by atoms with Gasteiger partial charge in [-0.1, -0.05) is 16.5 Å². The van der Waals surface area contributed by atoms with Crippen molar-refractivity contribution in [1.82, 2.24) is 15.1 Å². The minimum atomic E-state index is -0.279. The van der Waals surface area contributed by atoms with Gasteiger partial charge in [-0.2, -0.15) is 4.98 Å². The number of hydrogen-bond acceptors (Lipinski definition) is 8. The Kier molecular flexibility index (Phi) is 5.39. The van der Waals surface area contributed by atoms with Crippen molar-refractivity contribution in [1.29, 1.82) is 0 Å². The van der Waals surface area contributed by atoms with Crippen molar-refractivity contribution in [3.63, 3.8) is 0 Å². The molecule has 4 rings (SSSR count). The summed E-state index contributed by atoms with van der Waals surface area (Å²) in [6.45, 7) is 2.52. The molecular weight excluding hydrogens is 392 g/mol. The third-order valence-electron chi connectivity index (χ3n) is 4.05. The summed E-state index contributed by atoms with van der Waals surface area (Å²) in [5.74, 6) is 1.88. The second kappa shape index (κ2) is 8.27. The van der Waals surface area contributed by atoms with Gasteiger partial charge in [0.1, 0.15) is 17.9 Å². The van der Waals surface area contributed by atoms with Crippen LogP contribution >= 0.6 is 11.3 Å². The molecule has 1 amide bonds. The molecule has 2 heterocycles. The van der Waals surface area contributed by atoms with Crippen LogP contribution in [0.15, 0.2) is 47.0 Å². The smallest absolute Gasteiger partial charge is 0.236 e. The Morgan fingerprint density at radius 2 is 1.93 bits per heavy atom. The van der Waals surface area contributed by atoms with Gasteiger partial charge in [0.25, 0.3) is 0 Å². The molecule has 0 aliphatic carbocycles. The van der Waals surface area contributed by atoms with E-state index in [1.807, 2.05) is 49.4 Å². The molecule has 0 bridgehead atoms. The number of rotatable bonds is 7. The van der Waals surface area contributed by atoms with Gasteiger partial charge < -0.3 is 19.3 Å². The first-order chi connectivity index (χ1) is 14.1. The highest BCUT2D eigenvalue weighted by Crippen LogP contribution is 2.29. The van der Waals surface area contributed by atoms with E-state index in [1.165, 1.54) is 11.3 Å². The molecule has 8 nitrogen and oxygen atoms in total. The molecule has 0 saturated heterocycles. The van der Waals surface area contributed by atoms with Gasteiger partial charge in [-0.15, -0.1) is 0 Å². The lowest BCUT2D eigenvalue weighted by Crippen LogP contribution is -2.14. The van der Waals surface area contributed by atoms with Crippen molar-refractivity contribution in [3.05, 3.63) is 48.4 Å². The first-order valence-electron chi connectivity index (χ1n) is 8.95. The number of aromatic nitrogens is 3. The summed E-state index contributed by atoms with van der Waals surface area (Å²) in [6, 6.07) is 12.9. The Balaban J connectivity index is 1.42. The van der Waals surface area contributed by atoms with Crippen LogP contribution in [0, 0.1) is 0 Å². The van der Waals surface area contributed by atoms with Crippen molar-refractivity contribution >= 4 is 32.6 Å². The number of amides is 1. The second-order valence-electron chi connectivity index (χ2n) is 6.05. The number of thiazole rings is 1. The van der Waals surface area contributed by atoms with Gasteiger partial charge in [-0.05, 0) is 49.4 Å². The van der Waals surface area contributed by atoms with Crippen molar-refractivity contribution in [2.45, 2.75) is 13.3 Å². The Morgan fingerprint density at radius 3 is 2.69 bits per heavy atom. The molecule has 0 radical (unpaired) electrons. The largest absolute Gasteiger partial charge is 0.497 e. The van der Waals surface area contributed by atoms with E-state index in [4.69, 9.17) is 14.0 Å². The van der Waals surface area contributed by atoms with Crippen LogP contribution in [0.25, 0.3) is 21.6 Å². The van der Waals surface area contributed by atoms with Crippen LogP contribution in [0.2, 0.25) is 0 Å². The molecule has 4 aromatic rings. The quantitative estimate of drug-likeness (QED) is 0.493. The van der Waals surface area contributed by atoms with Gasteiger partial charge in [-0.3, -0.25) is 4.79 Å². The van der Waals surface area contributed by atoms with Crippen LogP contribution in [0.3, 0.4) is 0 Å². The predicted molar refractivity (Wildman–Crippen MR) is 109 cm³/mol. The average Bonchev–Trinajstić information content (AvgIpc) is 3.34. The Morgan fingerprint density at radius 1 is 1.14 bits per heavy atom. The number of benzene rings is 2. The number of hydrogen-bond donors (Lipinski definition) is 1. The molecule has 148 valence electrons. The van der Waals surface area contributed by atoms with E-state index >= 15 is 0 Å². The molecule has 29 heavy (non-hydrogen) atoms. The summed E-state index contributed by atoms with van der Waals surface area (Å²) < 4.78 is 16.8. The first-order valence-corrected chi connectivity index (χ1v) is 9.76. The van der Waals surface area contributed by atoms with Gasteiger partial charge in [0.05, 0.1) is 23.9 Å². The van der Waals surface area contributed by atoms with Crippen LogP contribution in [0.5, 0.6) is 11.5 Å². The molecule has 1 N–H and O–H groups in total. The summed E-state index contributed by atoms with van der Waals surface area (Å²) in [6.07, 6.45) is -0.0384. The van der Waals surface area contributed by atoms with Gasteiger partial charge in [0.15, 0.2) is 5.13 Å². The summed E-state index contributed by atoms with van der Waals surface area (Å²) in [5, 5.41) is 7.22. The number of anilines is 1. The highest BCUT2D eigenvalue weighted by Gasteiger charge is 2.15. The summed E-state index contributed by atoms with van der Waals surface area (Å²) in [7, 11) is 1.60. The standard InChI is InChI=1S/C20H18N4O4S/c1-3-27-14-8-9-15-16(10-14)29-20(21-15)22-17(25)11-18-23-19(24-28-18)12-4-6-13(26-2)7-5-12/h4-10H,3,11H2,1-2H3,(H,21,22,25). The molecule has 0 unspecified atom stereocenters. The number of nitrogens with zero attached hydrogens (tertiary/aromatic N) is 3. The molecule has 2 aromatic carbocycles. The highest BCUT2D eigenvalue weighted by atomic mass is 32.1. The lowest BCUT2D eigenvalue weighted by Gasteiger charge is -2.00. The number of nitrogens with one attached hydrogen (secondary N) is 1. The Hall–Kier alpha value is -3.46. The number of carbonyl (C=O) groups excluding carboxylic acids is 1. The fraction of sp³-hybridized carbons (Fsp3) is 0.200. The first kappa shape index (κ1) is 18.9. The van der Waals surface area contributed by atoms with E-state index in [0.717, 1.165) is 27.3 Å². The molecule has 0 atom stereocenters. The zero-order valence-electron chi connectivity index (χ0n) is 15.8. The number of fused-ring (bicyclic) bond motifs is 1. The maximum atomic E-state index is 12.3. The zero-order valence-corrected chi connectivity index (χ0v) is 16.7. The molecular formula is C20H18N4O4S. The van der Waals surface area contributed by atoms with Gasteiger partial charge in [-0.25, -0.2) is 4.98 Å². The fourth-order valence-electron chi connectivity index (χ4n) is 2.70. The van der Waals surface area contributed by atoms with Gasteiger partial charge in [0.2, 0.25) is 17.6 Å². The minimum Gasteiger partial charge on any atom is -0.497 e. The molecule has 9 heteroatoms. The molecule has 0 saturated carbocycles. The zero-order chi connectivity index (χ0) is 20.2. The van der Waals surface area contributed by atoms with Crippen LogP contribution in [-0.4, -0.2) is 34.7 Å². The van der Waals surface area contributed by atoms with Crippen LogP contribution < -0.4 is 14.8 Å². The van der Waals surface area contributed by atoms with E-state index in [-0.39, 0.29) is 18.2 Å². The average molecular weight is 410 g/mol. The van der Waals surface area contributed by atoms with Crippen LogP contribution in [0.1, 0.15) is 12.8 Å². The highest BCUT2D eigenvalue weighted by molar-refractivity contribution is 7.22. The predicted octanol–water partition coefficient (Wildman–Crippen LogP) is 3.93. The Bertz CT molecular complexity index is 1140. The topological polar surface area (TPSA) is 99.4 Å². The maximum Gasteiger partial charge on any atom is 0.236 e. The third kappa shape index (κ3) is 4.35. The SMILES string of the molecule is CCOc1ccc2nc(NC(=O)Cc3nc(-c4ccc(OC)cc4)no3)sc2c1. The molecule has 0 aliphatic rings. The summed E-state index contributed by atoms with van der Waals surface area (Å²) >= 11 is 1.38. The number of carbonyl (C=O) groups is 1. The molecule has 0 spiro atoms. The van der Waals surface area contributed by atoms with Crippen LogP contribution in [-0.2, 0) is 11.2 Å². The molecule has 0 fully saturated rings. The van der Waals surface area contributed by atoms with Crippen molar-refractivity contribution in [3.8, 4) is 22.9 Å². The minimum absolute atomic E-state index is 0.0384. The monoisotopic (exact) mass is 410 g/mol. The van der Waals surface area contributed by atoms with Gasteiger partial charge >= 0.3 is 0 Å². The fourth-order valence-corrected chi connectivity index (χ4v) is 3.61. The normalized spacial score (nSPS) is 10.8. The third-order valence-corrected chi connectivity index (χ3v) is 4.98. The van der Waals surface area contributed by atoms with E-state index < -0.39 is 0 Å². The van der Waals surface area contributed by atoms with E-state index in [9.17, 15) is 4.79 Å². The van der Waals surface area contributed by atoms with Crippen molar-refractivity contribution in [2.75, 3.05) is 19.0 Å². The van der Waals surface area contributed by atoms with E-state index in [1.54, 1.807) is 7.11 Å². The lowest BCUT2D eigenvalue weighted by atomic mass is 10.2. The molecule has 2 aromatic heterocycles. The van der Waals surface area contributed by atoms with Crippen molar-refractivity contribution < 1.29 is 18.8 Å². The number of methoxy groups -OCH3 is 1.